The zero-order valence-electron chi connectivity index (χ0n) is 16.8. The molecular formula is C20H24FN7O2. The molecule has 3 aromatic rings. The van der Waals surface area contributed by atoms with Crippen LogP contribution in [0.3, 0.4) is 0 Å². The van der Waals surface area contributed by atoms with Crippen molar-refractivity contribution >= 4 is 11.2 Å². The quantitative estimate of drug-likeness (QED) is 0.591. The van der Waals surface area contributed by atoms with Gasteiger partial charge in [0.05, 0.1) is 12.2 Å². The number of hydrogen-bond donors (Lipinski definition) is 1. The molecule has 9 nitrogen and oxygen atoms in total. The number of benzene rings is 1. The van der Waals surface area contributed by atoms with Gasteiger partial charge >= 0.3 is 5.69 Å². The fraction of sp³-hybridized carbons (Fsp3) is 0.450. The lowest BCUT2D eigenvalue weighted by molar-refractivity contribution is 0.228. The lowest BCUT2D eigenvalue weighted by Gasteiger charge is -2.26. The van der Waals surface area contributed by atoms with Crippen LogP contribution in [0.25, 0.3) is 16.9 Å². The Bertz CT molecular complexity index is 1150. The fourth-order valence-electron chi connectivity index (χ4n) is 3.65. The largest absolute Gasteiger partial charge is 0.337 e. The van der Waals surface area contributed by atoms with Gasteiger partial charge in [0, 0.05) is 20.1 Å². The molecule has 0 aliphatic carbocycles. The van der Waals surface area contributed by atoms with E-state index >= 15 is 0 Å². The van der Waals surface area contributed by atoms with Crippen molar-refractivity contribution in [2.24, 2.45) is 7.05 Å². The molecule has 1 aliphatic rings. The molecule has 1 N–H and O–H groups in total. The summed E-state index contributed by atoms with van der Waals surface area (Å²) in [6, 6.07) is 5.36. The second-order valence-corrected chi connectivity index (χ2v) is 7.44. The molecule has 0 atom stereocenters. The fourth-order valence-corrected chi connectivity index (χ4v) is 3.65. The zero-order chi connectivity index (χ0) is 21.1. The van der Waals surface area contributed by atoms with Crippen molar-refractivity contribution in [3.8, 4) is 5.69 Å². The van der Waals surface area contributed by atoms with Crippen LogP contribution in [0.5, 0.6) is 0 Å². The van der Waals surface area contributed by atoms with Gasteiger partial charge in [0.15, 0.2) is 17.0 Å². The number of fused-ring (bicyclic) bond motifs is 1. The first-order valence-corrected chi connectivity index (χ1v) is 10.1. The molecule has 1 saturated heterocycles. The van der Waals surface area contributed by atoms with Crippen LogP contribution in [0.2, 0.25) is 0 Å². The minimum atomic E-state index is -0.595. The molecule has 0 unspecified atom stereocenters. The Morgan fingerprint density at radius 2 is 1.80 bits per heavy atom. The number of piperidine rings is 1. The summed E-state index contributed by atoms with van der Waals surface area (Å²) < 4.78 is 15.5. The molecule has 1 aromatic carbocycles. The highest BCUT2D eigenvalue weighted by molar-refractivity contribution is 5.70. The Balaban J connectivity index is 1.58. The number of halogens is 1. The number of hydrogen-bond acceptors (Lipinski definition) is 7. The summed E-state index contributed by atoms with van der Waals surface area (Å²) in [6.07, 6.45) is 3.80. The Morgan fingerprint density at radius 1 is 1.07 bits per heavy atom. The van der Waals surface area contributed by atoms with Crippen LogP contribution in [0.4, 0.5) is 4.39 Å². The van der Waals surface area contributed by atoms with E-state index in [1.165, 1.54) is 55.1 Å². The Morgan fingerprint density at radius 3 is 2.53 bits per heavy atom. The van der Waals surface area contributed by atoms with E-state index in [-0.39, 0.29) is 11.2 Å². The molecule has 30 heavy (non-hydrogen) atoms. The highest BCUT2D eigenvalue weighted by atomic mass is 19.1. The Labute approximate surface area is 172 Å². The molecule has 0 amide bonds. The second-order valence-electron chi connectivity index (χ2n) is 7.44. The highest BCUT2D eigenvalue weighted by Gasteiger charge is 2.16. The smallest absolute Gasteiger partial charge is 0.308 e. The van der Waals surface area contributed by atoms with Gasteiger partial charge in [-0.2, -0.15) is 0 Å². The maximum absolute atomic E-state index is 13.3. The van der Waals surface area contributed by atoms with Crippen LogP contribution >= 0.6 is 0 Å². The molecule has 2 aromatic heterocycles. The molecule has 10 heteroatoms. The molecular weight excluding hydrogens is 389 g/mol. The maximum Gasteiger partial charge on any atom is 0.337 e. The first-order chi connectivity index (χ1) is 14.5. The van der Waals surface area contributed by atoms with Crippen LogP contribution in [0, 0.1) is 5.82 Å². The van der Waals surface area contributed by atoms with E-state index in [9.17, 15) is 14.0 Å². The van der Waals surface area contributed by atoms with Gasteiger partial charge in [0.25, 0.3) is 5.56 Å². The van der Waals surface area contributed by atoms with Crippen molar-refractivity contribution in [3.05, 3.63) is 56.7 Å². The van der Waals surface area contributed by atoms with Gasteiger partial charge in [-0.05, 0) is 50.2 Å². The minimum Gasteiger partial charge on any atom is -0.308 e. The minimum absolute atomic E-state index is 0.0456. The molecule has 158 valence electrons. The molecule has 3 heterocycles. The first-order valence-electron chi connectivity index (χ1n) is 10.1. The van der Waals surface area contributed by atoms with Crippen LogP contribution in [-0.4, -0.2) is 55.4 Å². The van der Waals surface area contributed by atoms with Gasteiger partial charge < -0.3 is 10.2 Å². The van der Waals surface area contributed by atoms with Crippen LogP contribution in [-0.2, 0) is 13.6 Å². The van der Waals surface area contributed by atoms with Crippen LogP contribution < -0.4 is 16.6 Å². The van der Waals surface area contributed by atoms with E-state index in [0.29, 0.717) is 18.1 Å². The zero-order valence-corrected chi connectivity index (χ0v) is 16.8. The number of nitrogens with one attached hydrogen (secondary N) is 1. The monoisotopic (exact) mass is 413 g/mol. The summed E-state index contributed by atoms with van der Waals surface area (Å²) >= 11 is 0. The summed E-state index contributed by atoms with van der Waals surface area (Å²) in [5, 5.41) is 11.5. The first kappa shape index (κ1) is 20.3. The summed E-state index contributed by atoms with van der Waals surface area (Å²) in [5.41, 5.74) is -0.665. The third-order valence-corrected chi connectivity index (χ3v) is 5.33. The summed E-state index contributed by atoms with van der Waals surface area (Å²) in [4.78, 5) is 32.0. The summed E-state index contributed by atoms with van der Waals surface area (Å²) in [5.74, 6) is -0.0504. The lowest BCUT2D eigenvalue weighted by Crippen LogP contribution is -2.39. The average molecular weight is 413 g/mol. The van der Waals surface area contributed by atoms with Gasteiger partial charge in [-0.15, -0.1) is 10.2 Å². The van der Waals surface area contributed by atoms with Gasteiger partial charge in [0.2, 0.25) is 0 Å². The van der Waals surface area contributed by atoms with Gasteiger partial charge in [-0.1, -0.05) is 6.42 Å². The van der Waals surface area contributed by atoms with Crippen molar-refractivity contribution < 1.29 is 4.39 Å². The third kappa shape index (κ3) is 4.14. The Kier molecular flexibility index (Phi) is 5.96. The molecule has 0 spiro atoms. The second kappa shape index (κ2) is 8.80. The molecule has 0 saturated carbocycles. The number of aromatic nitrogens is 5. The molecule has 4 rings (SSSR count). The SMILES string of the molecule is Cn1c(=O)c2nc(CNCCN3CCCCC3)nnc2n(-c2ccc(F)cc2)c1=O. The normalized spacial score (nSPS) is 15.0. The van der Waals surface area contributed by atoms with Gasteiger partial charge in [0.1, 0.15) is 5.82 Å². The molecule has 0 radical (unpaired) electrons. The Hall–Kier alpha value is -2.98. The van der Waals surface area contributed by atoms with Crippen molar-refractivity contribution in [1.82, 2.24) is 34.5 Å². The van der Waals surface area contributed by atoms with E-state index in [0.717, 1.165) is 30.7 Å². The van der Waals surface area contributed by atoms with Crippen molar-refractivity contribution in [1.29, 1.82) is 0 Å². The predicted molar refractivity (Wildman–Crippen MR) is 110 cm³/mol. The van der Waals surface area contributed by atoms with E-state index < -0.39 is 17.1 Å². The van der Waals surface area contributed by atoms with Crippen LogP contribution in [0.15, 0.2) is 33.9 Å². The highest BCUT2D eigenvalue weighted by Crippen LogP contribution is 2.11. The van der Waals surface area contributed by atoms with E-state index in [2.05, 4.69) is 25.4 Å². The van der Waals surface area contributed by atoms with Gasteiger partial charge in [-0.3, -0.25) is 9.36 Å². The number of rotatable bonds is 6. The van der Waals surface area contributed by atoms with E-state index in [1.54, 1.807) is 0 Å². The predicted octanol–water partition coefficient (Wildman–Crippen LogP) is 0.589. The van der Waals surface area contributed by atoms with Crippen molar-refractivity contribution in [2.45, 2.75) is 25.8 Å². The average Bonchev–Trinajstić information content (AvgIpc) is 2.77. The molecule has 1 aliphatic heterocycles. The van der Waals surface area contributed by atoms with Crippen molar-refractivity contribution in [3.63, 3.8) is 0 Å². The maximum atomic E-state index is 13.3. The lowest BCUT2D eigenvalue weighted by atomic mass is 10.1. The summed E-state index contributed by atoms with van der Waals surface area (Å²) in [7, 11) is 1.38. The topological polar surface area (TPSA) is 97.9 Å². The molecule has 1 fully saturated rings. The summed E-state index contributed by atoms with van der Waals surface area (Å²) in [6.45, 7) is 4.37. The standard InChI is InChI=1S/C20H24FN7O2/c1-26-19(29)17-18(28(20(26)30)15-7-5-14(21)6-8-15)25-24-16(23-17)13-22-9-12-27-10-3-2-4-11-27/h5-8,22H,2-4,9-13H2,1H3. The number of nitrogens with zero attached hydrogens (tertiary/aromatic N) is 6. The van der Waals surface area contributed by atoms with E-state index in [1.807, 2.05) is 0 Å². The molecule has 0 bridgehead atoms. The van der Waals surface area contributed by atoms with Gasteiger partial charge in [-0.25, -0.2) is 18.7 Å². The number of likely N-dealkylation sites (tertiary alicyclic amines) is 1. The van der Waals surface area contributed by atoms with Crippen LogP contribution in [0.1, 0.15) is 25.1 Å². The van der Waals surface area contributed by atoms with E-state index in [4.69, 9.17) is 0 Å². The third-order valence-electron chi connectivity index (χ3n) is 5.33. The van der Waals surface area contributed by atoms with Crippen molar-refractivity contribution in [2.75, 3.05) is 26.2 Å².